The third kappa shape index (κ3) is 4.57. The molecule has 1 aromatic carbocycles. The van der Waals surface area contributed by atoms with Gasteiger partial charge in [0.05, 0.1) is 25.3 Å². The number of fused-ring (bicyclic) bond motifs is 1. The van der Waals surface area contributed by atoms with Gasteiger partial charge < -0.3 is 8.83 Å². The Morgan fingerprint density at radius 2 is 1.64 bits per heavy atom. The normalized spacial score (nSPS) is 13.0. The summed E-state index contributed by atoms with van der Waals surface area (Å²) in [6, 6.07) is 17.0. The highest BCUT2D eigenvalue weighted by Crippen LogP contribution is 2.35. The number of hydrogen-bond donors (Lipinski definition) is 0. The Morgan fingerprint density at radius 1 is 0.909 bits per heavy atom. The lowest BCUT2D eigenvalue weighted by Crippen LogP contribution is -1.85. The van der Waals surface area contributed by atoms with E-state index in [0.717, 1.165) is 28.0 Å². The molecule has 1 aliphatic rings. The zero-order valence-electron chi connectivity index (χ0n) is 17.2. The van der Waals surface area contributed by atoms with Crippen LogP contribution >= 0.6 is 0 Å². The van der Waals surface area contributed by atoms with Gasteiger partial charge in [0.25, 0.3) is 11.4 Å². The van der Waals surface area contributed by atoms with E-state index in [1.165, 1.54) is 12.2 Å². The number of allylic oxidation sites excluding steroid dienone is 5. The van der Waals surface area contributed by atoms with Crippen molar-refractivity contribution >= 4 is 23.8 Å². The van der Waals surface area contributed by atoms with Crippen molar-refractivity contribution in [2.75, 3.05) is 0 Å². The molecule has 6 heteroatoms. The molecule has 0 radical (unpaired) electrons. The van der Waals surface area contributed by atoms with Crippen molar-refractivity contribution in [3.8, 4) is 23.5 Å². The molecular formula is C27H14N4O2. The number of rotatable bonds is 5. The van der Waals surface area contributed by atoms with Gasteiger partial charge in [0.1, 0.15) is 23.0 Å². The largest absolute Gasteiger partial charge is 0.458 e. The second kappa shape index (κ2) is 9.23. The molecule has 0 unspecified atom stereocenters. The van der Waals surface area contributed by atoms with E-state index in [-0.39, 0.29) is 11.4 Å². The molecule has 0 bridgehead atoms. The molecule has 3 aromatic rings. The first kappa shape index (κ1) is 21.0. The molecule has 0 amide bonds. The first-order chi connectivity index (χ1) is 16.1. The van der Waals surface area contributed by atoms with E-state index in [4.69, 9.17) is 32.5 Å². The van der Waals surface area contributed by atoms with Crippen molar-refractivity contribution < 1.29 is 8.83 Å². The van der Waals surface area contributed by atoms with Gasteiger partial charge in [-0.3, -0.25) is 0 Å². The first-order valence-corrected chi connectivity index (χ1v) is 9.82. The average Bonchev–Trinajstić information content (AvgIpc) is 3.59. The fraction of sp³-hybridized carbons (Fsp3) is 0.0370. The van der Waals surface area contributed by atoms with E-state index in [1.807, 2.05) is 42.5 Å². The SMILES string of the molecule is [C-]#[N+]/C(C#N)=C\c1ccc(-c2ccc3c(c2)CC(c2ccc(/C=C/C=C(\C#N)[N+]#[C-])o2)=C3)o1. The molecule has 2 heterocycles. The van der Waals surface area contributed by atoms with Crippen LogP contribution in [0.1, 0.15) is 28.4 Å². The van der Waals surface area contributed by atoms with Crippen molar-refractivity contribution in [3.63, 3.8) is 0 Å². The van der Waals surface area contributed by atoms with Crippen LogP contribution in [-0.4, -0.2) is 0 Å². The summed E-state index contributed by atoms with van der Waals surface area (Å²) >= 11 is 0. The fourth-order valence-electron chi connectivity index (χ4n) is 3.41. The standard InChI is InChI=1S/C27H14N4O2/c1-30-22(16-28)4-3-5-24-8-10-27(32-24)21-12-18-6-7-19(13-20(18)14-21)26-11-9-25(33-26)15-23(17-29)31-2/h3-13,15H,14H2/b5-3+,22-4+,23-15-. The lowest BCUT2D eigenvalue weighted by Gasteiger charge is -2.02. The summed E-state index contributed by atoms with van der Waals surface area (Å²) in [5, 5.41) is 17.7. The lowest BCUT2D eigenvalue weighted by atomic mass is 10.0. The van der Waals surface area contributed by atoms with Gasteiger partial charge in [0.15, 0.2) is 0 Å². The van der Waals surface area contributed by atoms with Gasteiger partial charge in [-0.15, -0.1) is 0 Å². The van der Waals surface area contributed by atoms with Crippen LogP contribution in [0.25, 0.3) is 44.8 Å². The van der Waals surface area contributed by atoms with Crippen molar-refractivity contribution in [2.45, 2.75) is 6.42 Å². The quantitative estimate of drug-likeness (QED) is 0.256. The third-order valence-electron chi connectivity index (χ3n) is 4.97. The number of nitrogens with zero attached hydrogens (tertiary/aromatic N) is 4. The molecule has 0 N–H and O–H groups in total. The van der Waals surface area contributed by atoms with Crippen molar-refractivity contribution in [1.82, 2.24) is 0 Å². The Bertz CT molecular complexity index is 1500. The fourth-order valence-corrected chi connectivity index (χ4v) is 3.41. The molecule has 0 aliphatic heterocycles. The van der Waals surface area contributed by atoms with E-state index >= 15 is 0 Å². The van der Waals surface area contributed by atoms with Crippen LogP contribution in [0.5, 0.6) is 0 Å². The molecule has 0 saturated heterocycles. The number of hydrogen-bond acceptors (Lipinski definition) is 4. The van der Waals surface area contributed by atoms with E-state index in [0.29, 0.717) is 23.7 Å². The summed E-state index contributed by atoms with van der Waals surface area (Å²) in [5.74, 6) is 2.51. The van der Waals surface area contributed by atoms with E-state index in [9.17, 15) is 0 Å². The average molecular weight is 426 g/mol. The zero-order chi connectivity index (χ0) is 23.2. The van der Waals surface area contributed by atoms with Gasteiger partial charge in [0, 0.05) is 12.0 Å². The monoisotopic (exact) mass is 426 g/mol. The van der Waals surface area contributed by atoms with Crippen LogP contribution in [0.2, 0.25) is 0 Å². The lowest BCUT2D eigenvalue weighted by molar-refractivity contribution is 0.542. The summed E-state index contributed by atoms with van der Waals surface area (Å²) in [6.45, 7) is 13.8. The molecule has 154 valence electrons. The molecule has 2 aromatic heterocycles. The maximum Gasteiger partial charge on any atom is 0.265 e. The molecule has 0 fully saturated rings. The molecule has 4 rings (SSSR count). The maximum absolute atomic E-state index is 8.91. The van der Waals surface area contributed by atoms with E-state index < -0.39 is 0 Å². The number of benzene rings is 1. The predicted octanol–water partition coefficient (Wildman–Crippen LogP) is 6.76. The van der Waals surface area contributed by atoms with Crippen LogP contribution < -0.4 is 0 Å². The van der Waals surface area contributed by atoms with Gasteiger partial charge in [-0.05, 0) is 71.3 Å². The minimum atomic E-state index is -0.0285. The summed E-state index contributed by atoms with van der Waals surface area (Å²) in [6.07, 6.45) is 8.99. The molecule has 0 spiro atoms. The van der Waals surface area contributed by atoms with Gasteiger partial charge in [-0.2, -0.15) is 0 Å². The zero-order valence-corrected chi connectivity index (χ0v) is 17.2. The number of furan rings is 2. The summed E-state index contributed by atoms with van der Waals surface area (Å²) in [7, 11) is 0. The van der Waals surface area contributed by atoms with Crippen molar-refractivity contribution in [1.29, 1.82) is 10.5 Å². The summed E-state index contributed by atoms with van der Waals surface area (Å²) in [4.78, 5) is 6.25. The Labute approximate surface area is 190 Å². The van der Waals surface area contributed by atoms with Gasteiger partial charge in [-0.1, -0.05) is 18.2 Å². The number of nitriles is 2. The molecule has 33 heavy (non-hydrogen) atoms. The Morgan fingerprint density at radius 3 is 2.39 bits per heavy atom. The highest BCUT2D eigenvalue weighted by molar-refractivity contribution is 5.88. The molecule has 1 aliphatic carbocycles. The Balaban J connectivity index is 1.50. The topological polar surface area (TPSA) is 82.6 Å². The minimum Gasteiger partial charge on any atom is -0.458 e. The van der Waals surface area contributed by atoms with Crippen LogP contribution in [0.4, 0.5) is 0 Å². The van der Waals surface area contributed by atoms with Gasteiger partial charge >= 0.3 is 0 Å². The summed E-state index contributed by atoms with van der Waals surface area (Å²) in [5.41, 5.74) is 4.19. The maximum atomic E-state index is 8.91. The predicted molar refractivity (Wildman–Crippen MR) is 124 cm³/mol. The molecule has 0 atom stereocenters. The summed E-state index contributed by atoms with van der Waals surface area (Å²) < 4.78 is 11.7. The van der Waals surface area contributed by atoms with Crippen molar-refractivity contribution in [2.24, 2.45) is 0 Å². The van der Waals surface area contributed by atoms with Gasteiger partial charge in [0.2, 0.25) is 0 Å². The molecule has 0 saturated carbocycles. The second-order valence-corrected chi connectivity index (χ2v) is 7.05. The van der Waals surface area contributed by atoms with Crippen LogP contribution in [0.15, 0.2) is 74.8 Å². The highest BCUT2D eigenvalue weighted by Gasteiger charge is 2.18. The second-order valence-electron chi connectivity index (χ2n) is 7.05. The van der Waals surface area contributed by atoms with Crippen LogP contribution in [0.3, 0.4) is 0 Å². The first-order valence-electron chi connectivity index (χ1n) is 9.82. The smallest absolute Gasteiger partial charge is 0.265 e. The van der Waals surface area contributed by atoms with Crippen molar-refractivity contribution in [3.05, 3.63) is 117 Å². The Kier molecular flexibility index (Phi) is 5.86. The highest BCUT2D eigenvalue weighted by atomic mass is 16.3. The van der Waals surface area contributed by atoms with Crippen LogP contribution in [-0.2, 0) is 6.42 Å². The van der Waals surface area contributed by atoms with E-state index in [2.05, 4.69) is 21.8 Å². The Hall–Kier alpha value is -5.30. The molecule has 6 nitrogen and oxygen atoms in total. The van der Waals surface area contributed by atoms with Gasteiger partial charge in [-0.25, -0.2) is 20.2 Å². The minimum absolute atomic E-state index is 0.0133. The van der Waals surface area contributed by atoms with Crippen LogP contribution in [0, 0.1) is 35.8 Å². The van der Waals surface area contributed by atoms with E-state index in [1.54, 1.807) is 18.2 Å². The third-order valence-corrected chi connectivity index (χ3v) is 4.97. The molecular weight excluding hydrogens is 412 g/mol.